The molecule has 1 unspecified atom stereocenters. The van der Waals surface area contributed by atoms with Gasteiger partial charge in [0.15, 0.2) is 5.75 Å². The molecule has 2 aromatic carbocycles. The van der Waals surface area contributed by atoms with Crippen LogP contribution in [0.5, 0.6) is 5.75 Å². The summed E-state index contributed by atoms with van der Waals surface area (Å²) in [5.74, 6) is 6.15. The van der Waals surface area contributed by atoms with Crippen LogP contribution in [0.25, 0.3) is 0 Å². The van der Waals surface area contributed by atoms with Crippen molar-refractivity contribution in [1.82, 2.24) is 9.97 Å². The summed E-state index contributed by atoms with van der Waals surface area (Å²) in [6, 6.07) is 15.6. The first-order chi connectivity index (χ1) is 13.2. The monoisotopic (exact) mass is 359 g/mol. The van der Waals surface area contributed by atoms with Crippen LogP contribution in [-0.2, 0) is 13.0 Å². The second kappa shape index (κ2) is 8.95. The number of hydrogen-bond donors (Lipinski definition) is 3. The van der Waals surface area contributed by atoms with E-state index in [9.17, 15) is 10.2 Å². The van der Waals surface area contributed by atoms with E-state index < -0.39 is 0 Å². The third-order valence-electron chi connectivity index (χ3n) is 4.36. The van der Waals surface area contributed by atoms with Crippen molar-refractivity contribution in [3.8, 4) is 17.6 Å². The van der Waals surface area contributed by atoms with Gasteiger partial charge in [0.25, 0.3) is 0 Å². The molecule has 0 saturated carbocycles. The van der Waals surface area contributed by atoms with Gasteiger partial charge in [-0.25, -0.2) is 9.97 Å². The minimum Gasteiger partial charge on any atom is -0.504 e. The first kappa shape index (κ1) is 18.6. The van der Waals surface area contributed by atoms with Crippen LogP contribution in [0.2, 0.25) is 0 Å². The average Bonchev–Trinajstić information content (AvgIpc) is 2.72. The molecule has 27 heavy (non-hydrogen) atoms. The molecule has 1 heterocycles. The second-order valence-corrected chi connectivity index (χ2v) is 6.21. The maximum absolute atomic E-state index is 9.83. The van der Waals surface area contributed by atoms with Gasteiger partial charge >= 0.3 is 0 Å². The third-order valence-corrected chi connectivity index (χ3v) is 4.36. The van der Waals surface area contributed by atoms with Gasteiger partial charge in [0.05, 0.1) is 18.5 Å². The predicted octanol–water partition coefficient (Wildman–Crippen LogP) is 2.36. The van der Waals surface area contributed by atoms with Crippen molar-refractivity contribution in [3.63, 3.8) is 0 Å². The number of aliphatic hydroxyl groups excluding tert-OH is 1. The number of aromatic hydroxyl groups is 1. The van der Waals surface area contributed by atoms with Crippen molar-refractivity contribution < 1.29 is 10.2 Å². The molecule has 0 fully saturated rings. The molecule has 0 aliphatic rings. The Morgan fingerprint density at radius 1 is 0.963 bits per heavy atom. The van der Waals surface area contributed by atoms with Gasteiger partial charge in [-0.2, -0.15) is 0 Å². The largest absolute Gasteiger partial charge is 0.504 e. The minimum atomic E-state index is -0.156. The predicted molar refractivity (Wildman–Crippen MR) is 104 cm³/mol. The molecule has 0 amide bonds. The quantitative estimate of drug-likeness (QED) is 0.608. The van der Waals surface area contributed by atoms with E-state index in [1.807, 2.05) is 48.5 Å². The number of nitrogens with two attached hydrogens (primary N) is 1. The summed E-state index contributed by atoms with van der Waals surface area (Å²) in [6.45, 7) is 0.482. The number of nitrogens with zero attached hydrogens (tertiary/aromatic N) is 2. The summed E-state index contributed by atoms with van der Waals surface area (Å²) < 4.78 is 0. The highest BCUT2D eigenvalue weighted by molar-refractivity contribution is 5.44. The maximum atomic E-state index is 9.83. The van der Waals surface area contributed by atoms with Crippen molar-refractivity contribution in [2.24, 2.45) is 5.73 Å². The standard InChI is InChI=1S/C22H21N3O2/c23-12-18-5-3-16(4-6-18)1-2-17-7-9-19(10-8-17)20(14-26)11-21-22(27)13-24-15-25-21/h3-10,13,15,20,26-27H,11-12,14,23H2. The fourth-order valence-electron chi connectivity index (χ4n) is 2.73. The third kappa shape index (κ3) is 4.91. The zero-order chi connectivity index (χ0) is 19.1. The lowest BCUT2D eigenvalue weighted by Crippen LogP contribution is -2.09. The normalized spacial score (nSPS) is 11.5. The summed E-state index contributed by atoms with van der Waals surface area (Å²) in [5.41, 5.74) is 9.99. The van der Waals surface area contributed by atoms with Crippen molar-refractivity contribution in [3.05, 3.63) is 89.0 Å². The number of aliphatic hydroxyl groups is 1. The van der Waals surface area contributed by atoms with Crippen LogP contribution >= 0.6 is 0 Å². The van der Waals surface area contributed by atoms with Crippen LogP contribution in [0.1, 0.15) is 33.9 Å². The van der Waals surface area contributed by atoms with E-state index in [1.165, 1.54) is 12.5 Å². The van der Waals surface area contributed by atoms with Crippen molar-refractivity contribution in [2.75, 3.05) is 6.61 Å². The van der Waals surface area contributed by atoms with E-state index in [2.05, 4.69) is 21.8 Å². The van der Waals surface area contributed by atoms with E-state index in [4.69, 9.17) is 5.73 Å². The SMILES string of the molecule is NCc1ccc(C#Cc2ccc(C(CO)Cc3ncncc3O)cc2)cc1. The maximum Gasteiger partial charge on any atom is 0.155 e. The molecule has 3 rings (SSSR count). The minimum absolute atomic E-state index is 0.0397. The fourth-order valence-corrected chi connectivity index (χ4v) is 2.73. The molecule has 0 radical (unpaired) electrons. The molecular formula is C22H21N3O2. The molecule has 5 nitrogen and oxygen atoms in total. The Hall–Kier alpha value is -3.20. The molecule has 1 aromatic heterocycles. The van der Waals surface area contributed by atoms with Crippen LogP contribution in [-0.4, -0.2) is 26.8 Å². The molecule has 1 atom stereocenters. The van der Waals surface area contributed by atoms with E-state index >= 15 is 0 Å². The highest BCUT2D eigenvalue weighted by atomic mass is 16.3. The zero-order valence-electron chi connectivity index (χ0n) is 14.8. The van der Waals surface area contributed by atoms with E-state index in [0.717, 1.165) is 22.3 Å². The highest BCUT2D eigenvalue weighted by Gasteiger charge is 2.14. The Kier molecular flexibility index (Phi) is 6.16. The van der Waals surface area contributed by atoms with E-state index in [-0.39, 0.29) is 18.3 Å². The zero-order valence-corrected chi connectivity index (χ0v) is 14.8. The van der Waals surface area contributed by atoms with Gasteiger partial charge in [-0.15, -0.1) is 0 Å². The first-order valence-electron chi connectivity index (χ1n) is 8.69. The summed E-state index contributed by atoms with van der Waals surface area (Å²) in [7, 11) is 0. The Morgan fingerprint density at radius 3 is 2.15 bits per heavy atom. The van der Waals surface area contributed by atoms with Crippen molar-refractivity contribution in [1.29, 1.82) is 0 Å². The van der Waals surface area contributed by atoms with Gasteiger partial charge in [0.2, 0.25) is 0 Å². The van der Waals surface area contributed by atoms with Crippen LogP contribution in [0.4, 0.5) is 0 Å². The molecular weight excluding hydrogens is 338 g/mol. The number of aromatic nitrogens is 2. The summed E-state index contributed by atoms with van der Waals surface area (Å²) >= 11 is 0. The Labute approximate surface area is 158 Å². The van der Waals surface area contributed by atoms with Crippen LogP contribution in [0, 0.1) is 11.8 Å². The first-order valence-corrected chi connectivity index (χ1v) is 8.69. The van der Waals surface area contributed by atoms with Crippen molar-refractivity contribution in [2.45, 2.75) is 18.9 Å². The second-order valence-electron chi connectivity index (χ2n) is 6.21. The topological polar surface area (TPSA) is 92.3 Å². The Balaban J connectivity index is 1.72. The van der Waals surface area contributed by atoms with Gasteiger partial charge in [-0.05, 0) is 35.4 Å². The lowest BCUT2D eigenvalue weighted by Gasteiger charge is -2.14. The van der Waals surface area contributed by atoms with E-state index in [1.54, 1.807) is 0 Å². The fraction of sp³-hybridized carbons (Fsp3) is 0.182. The molecule has 0 bridgehead atoms. The smallest absolute Gasteiger partial charge is 0.155 e. The van der Waals surface area contributed by atoms with Gasteiger partial charge < -0.3 is 15.9 Å². The lowest BCUT2D eigenvalue weighted by molar-refractivity contribution is 0.263. The Morgan fingerprint density at radius 2 is 1.59 bits per heavy atom. The molecule has 0 aliphatic heterocycles. The number of rotatable bonds is 5. The van der Waals surface area contributed by atoms with E-state index in [0.29, 0.717) is 18.7 Å². The molecule has 0 saturated heterocycles. The van der Waals surface area contributed by atoms with Gasteiger partial charge in [0.1, 0.15) is 6.33 Å². The number of hydrogen-bond acceptors (Lipinski definition) is 5. The van der Waals surface area contributed by atoms with Crippen LogP contribution in [0.3, 0.4) is 0 Å². The molecule has 0 aliphatic carbocycles. The van der Waals surface area contributed by atoms with Gasteiger partial charge in [0, 0.05) is 30.0 Å². The lowest BCUT2D eigenvalue weighted by atomic mass is 9.94. The Bertz CT molecular complexity index is 942. The average molecular weight is 359 g/mol. The molecule has 4 N–H and O–H groups in total. The summed E-state index contributed by atoms with van der Waals surface area (Å²) in [6.07, 6.45) is 3.18. The molecule has 3 aromatic rings. The molecule has 136 valence electrons. The molecule has 0 spiro atoms. The summed E-state index contributed by atoms with van der Waals surface area (Å²) in [4.78, 5) is 7.85. The summed E-state index contributed by atoms with van der Waals surface area (Å²) in [5, 5.41) is 19.6. The van der Waals surface area contributed by atoms with Crippen LogP contribution in [0.15, 0.2) is 61.1 Å². The molecule has 5 heteroatoms. The van der Waals surface area contributed by atoms with Gasteiger partial charge in [-0.1, -0.05) is 36.1 Å². The number of benzene rings is 2. The van der Waals surface area contributed by atoms with Crippen LogP contribution < -0.4 is 5.73 Å². The van der Waals surface area contributed by atoms with Crippen molar-refractivity contribution >= 4 is 0 Å². The van der Waals surface area contributed by atoms with Gasteiger partial charge in [-0.3, -0.25) is 0 Å². The highest BCUT2D eigenvalue weighted by Crippen LogP contribution is 2.23.